The molecule has 0 aromatic heterocycles. The summed E-state index contributed by atoms with van der Waals surface area (Å²) in [5.41, 5.74) is 5.53. The van der Waals surface area contributed by atoms with Crippen LogP contribution < -0.4 is 5.73 Å². The van der Waals surface area contributed by atoms with Gasteiger partial charge in [0, 0.05) is 13.0 Å². The van der Waals surface area contributed by atoms with Gasteiger partial charge in [-0.25, -0.2) is 0 Å². The maximum atomic E-state index is 5.53. The van der Waals surface area contributed by atoms with Crippen molar-refractivity contribution in [3.63, 3.8) is 0 Å². The Morgan fingerprint density at radius 3 is 2.00 bits per heavy atom. The molecule has 0 bridgehead atoms. The molecule has 0 aliphatic heterocycles. The maximum Gasteiger partial charge on any atom is 0.0964 e. The Kier molecular flexibility index (Phi) is 4.99. The lowest BCUT2D eigenvalue weighted by Gasteiger charge is -2.23. The number of amidine groups is 1. The van der Waals surface area contributed by atoms with E-state index in [1.165, 1.54) is 19.3 Å². The van der Waals surface area contributed by atoms with Crippen LogP contribution in [0.1, 0.15) is 33.1 Å². The fourth-order valence-corrected chi connectivity index (χ4v) is 0.887. The first-order valence-corrected chi connectivity index (χ1v) is 4.06. The van der Waals surface area contributed by atoms with Crippen LogP contribution in [-0.2, 0) is 0 Å². The fourth-order valence-electron chi connectivity index (χ4n) is 0.887. The average Bonchev–Trinajstić information content (AvgIpc) is 1.89. The van der Waals surface area contributed by atoms with Crippen molar-refractivity contribution in [1.82, 2.24) is 0 Å². The molecular weight excluding hydrogens is 124 g/mol. The van der Waals surface area contributed by atoms with Gasteiger partial charge >= 0.3 is 0 Å². The molecule has 60 valence electrons. The van der Waals surface area contributed by atoms with E-state index < -0.39 is 0 Å². The summed E-state index contributed by atoms with van der Waals surface area (Å²) >= 11 is 0. The van der Waals surface area contributed by atoms with Crippen LogP contribution in [0.2, 0.25) is 0 Å². The Morgan fingerprint density at radius 1 is 1.40 bits per heavy atom. The quantitative estimate of drug-likeness (QED) is 0.440. The summed E-state index contributed by atoms with van der Waals surface area (Å²) in [7, 11) is 1.76. The minimum Gasteiger partial charge on any atom is -0.387 e. The monoisotopic (exact) mass is 142 g/mol. The Labute approximate surface area is 63.5 Å². The van der Waals surface area contributed by atoms with E-state index in [1.807, 2.05) is 13.8 Å². The van der Waals surface area contributed by atoms with E-state index in [4.69, 9.17) is 5.73 Å². The van der Waals surface area contributed by atoms with Crippen molar-refractivity contribution in [1.29, 1.82) is 0 Å². The predicted molar refractivity (Wildman–Crippen MR) is 46.2 cm³/mol. The second-order valence-electron chi connectivity index (χ2n) is 2.28. The van der Waals surface area contributed by atoms with Crippen LogP contribution in [0.25, 0.3) is 0 Å². The summed E-state index contributed by atoms with van der Waals surface area (Å²) < 4.78 is 0. The van der Waals surface area contributed by atoms with E-state index >= 15 is 0 Å². The smallest absolute Gasteiger partial charge is 0.0964 e. The Bertz CT molecular complexity index is 104. The fraction of sp³-hybridized carbons (Fsp3) is 0.875. The molecule has 0 saturated heterocycles. The van der Waals surface area contributed by atoms with Gasteiger partial charge < -0.3 is 5.73 Å². The highest BCUT2D eigenvalue weighted by atomic mass is 14.8. The molecule has 0 unspecified atom stereocenters. The zero-order chi connectivity index (χ0) is 7.98. The van der Waals surface area contributed by atoms with Crippen LogP contribution in [0, 0.1) is 5.92 Å². The van der Waals surface area contributed by atoms with Gasteiger partial charge in [0.05, 0.1) is 5.84 Å². The minimum atomic E-state index is 0.625. The van der Waals surface area contributed by atoms with Crippen LogP contribution in [0.15, 0.2) is 4.99 Å². The normalized spacial score (nSPS) is 18.9. The third kappa shape index (κ3) is 2.38. The topological polar surface area (TPSA) is 38.4 Å². The summed E-state index contributed by atoms with van der Waals surface area (Å²) in [6.45, 7) is 4.00. The number of nitrogens with zero attached hydrogens (tertiary/aromatic N) is 1. The van der Waals surface area contributed by atoms with E-state index in [9.17, 15) is 0 Å². The highest BCUT2D eigenvalue weighted by Crippen LogP contribution is 2.25. The van der Waals surface area contributed by atoms with Gasteiger partial charge in [0.15, 0.2) is 0 Å². The average molecular weight is 142 g/mol. The van der Waals surface area contributed by atoms with E-state index in [0.717, 1.165) is 5.84 Å². The Morgan fingerprint density at radius 2 is 1.90 bits per heavy atom. The lowest BCUT2D eigenvalue weighted by atomic mass is 9.85. The summed E-state index contributed by atoms with van der Waals surface area (Å²) in [6.07, 6.45) is 3.84. The molecule has 0 aromatic carbocycles. The molecule has 0 heterocycles. The van der Waals surface area contributed by atoms with Gasteiger partial charge in [-0.1, -0.05) is 20.3 Å². The molecule has 1 fully saturated rings. The highest BCUT2D eigenvalue weighted by Gasteiger charge is 2.19. The van der Waals surface area contributed by atoms with E-state index in [0.29, 0.717) is 5.92 Å². The van der Waals surface area contributed by atoms with Crippen LogP contribution >= 0.6 is 0 Å². The van der Waals surface area contributed by atoms with Crippen molar-refractivity contribution in [2.75, 3.05) is 7.05 Å². The first-order valence-electron chi connectivity index (χ1n) is 4.06. The number of nitrogens with two attached hydrogens (primary N) is 1. The Balaban J connectivity index is 0.000000371. The predicted octanol–water partition coefficient (Wildman–Crippen LogP) is 1.80. The van der Waals surface area contributed by atoms with E-state index in [2.05, 4.69) is 4.99 Å². The van der Waals surface area contributed by atoms with Crippen molar-refractivity contribution < 1.29 is 0 Å². The molecule has 1 aliphatic carbocycles. The summed E-state index contributed by atoms with van der Waals surface area (Å²) in [6, 6.07) is 0. The zero-order valence-electron chi connectivity index (χ0n) is 7.22. The van der Waals surface area contributed by atoms with Gasteiger partial charge in [-0.2, -0.15) is 0 Å². The molecule has 2 nitrogen and oxygen atoms in total. The van der Waals surface area contributed by atoms with Crippen molar-refractivity contribution >= 4 is 5.84 Å². The Hall–Kier alpha value is -0.530. The van der Waals surface area contributed by atoms with Gasteiger partial charge in [-0.15, -0.1) is 0 Å². The second-order valence-corrected chi connectivity index (χ2v) is 2.28. The molecule has 1 aliphatic rings. The van der Waals surface area contributed by atoms with Crippen molar-refractivity contribution in [3.05, 3.63) is 0 Å². The number of hydrogen-bond donors (Lipinski definition) is 1. The minimum absolute atomic E-state index is 0.625. The molecule has 2 heteroatoms. The molecule has 1 saturated carbocycles. The third-order valence-corrected chi connectivity index (χ3v) is 1.78. The lowest BCUT2D eigenvalue weighted by molar-refractivity contribution is 0.410. The largest absolute Gasteiger partial charge is 0.387 e. The number of aliphatic imine (C=N–C) groups is 1. The van der Waals surface area contributed by atoms with Crippen LogP contribution in [-0.4, -0.2) is 12.9 Å². The SMILES string of the molecule is CC.CN=C(N)C1CCC1. The van der Waals surface area contributed by atoms with Gasteiger partial charge in [-0.3, -0.25) is 4.99 Å². The number of rotatable bonds is 1. The summed E-state index contributed by atoms with van der Waals surface area (Å²) in [5.74, 6) is 1.47. The van der Waals surface area contributed by atoms with Crippen LogP contribution in [0.3, 0.4) is 0 Å². The molecule has 2 N–H and O–H groups in total. The molecule has 0 spiro atoms. The second kappa shape index (κ2) is 5.27. The van der Waals surface area contributed by atoms with Gasteiger partial charge in [-0.05, 0) is 12.8 Å². The first kappa shape index (κ1) is 9.47. The van der Waals surface area contributed by atoms with Crippen LogP contribution in [0.4, 0.5) is 0 Å². The molecular formula is C8H18N2. The zero-order valence-corrected chi connectivity index (χ0v) is 7.22. The lowest BCUT2D eigenvalue weighted by Crippen LogP contribution is -2.28. The van der Waals surface area contributed by atoms with Crippen molar-refractivity contribution in [3.8, 4) is 0 Å². The standard InChI is InChI=1S/C6H12N2.C2H6/c1-8-6(7)5-3-2-4-5;1-2/h5H,2-4H2,1H3,(H2,7,8);1-2H3. The van der Waals surface area contributed by atoms with E-state index in [-0.39, 0.29) is 0 Å². The third-order valence-electron chi connectivity index (χ3n) is 1.78. The van der Waals surface area contributed by atoms with Gasteiger partial charge in [0.1, 0.15) is 0 Å². The van der Waals surface area contributed by atoms with Gasteiger partial charge in [0.25, 0.3) is 0 Å². The molecule has 0 radical (unpaired) electrons. The highest BCUT2D eigenvalue weighted by molar-refractivity contribution is 5.83. The van der Waals surface area contributed by atoms with E-state index in [1.54, 1.807) is 7.05 Å². The summed E-state index contributed by atoms with van der Waals surface area (Å²) in [4.78, 5) is 3.90. The van der Waals surface area contributed by atoms with Crippen molar-refractivity contribution in [2.45, 2.75) is 33.1 Å². The number of hydrogen-bond acceptors (Lipinski definition) is 1. The molecule has 1 rings (SSSR count). The molecule has 0 atom stereocenters. The van der Waals surface area contributed by atoms with Gasteiger partial charge in [0.2, 0.25) is 0 Å². The first-order chi connectivity index (χ1) is 4.84. The molecule has 10 heavy (non-hydrogen) atoms. The summed E-state index contributed by atoms with van der Waals surface area (Å²) in [5, 5.41) is 0. The van der Waals surface area contributed by atoms with Crippen LogP contribution in [0.5, 0.6) is 0 Å². The maximum absolute atomic E-state index is 5.53. The molecule has 0 amide bonds. The molecule has 0 aromatic rings. The van der Waals surface area contributed by atoms with Crippen molar-refractivity contribution in [2.24, 2.45) is 16.6 Å².